The molecule has 0 bridgehead atoms. The zero-order chi connectivity index (χ0) is 13.3. The van der Waals surface area contributed by atoms with Crippen LogP contribution in [0.2, 0.25) is 5.02 Å². The van der Waals surface area contributed by atoms with Gasteiger partial charge < -0.3 is 14.4 Å². The molecule has 1 aromatic carbocycles. The maximum absolute atomic E-state index is 11.2. The Morgan fingerprint density at radius 3 is 2.78 bits per heavy atom. The molecule has 0 spiro atoms. The highest BCUT2D eigenvalue weighted by atomic mass is 79.9. The third kappa shape index (κ3) is 2.37. The summed E-state index contributed by atoms with van der Waals surface area (Å²) in [5.74, 6) is -0.489. The fourth-order valence-corrected chi connectivity index (χ4v) is 2.20. The molecule has 4 nitrogen and oxygen atoms in total. The molecule has 1 heterocycles. The maximum atomic E-state index is 11.2. The SMILES string of the molecule is COc1ccc(Br)cc1-n1cc(Cl)cc1C(=O)O. The average molecular weight is 331 g/mol. The first kappa shape index (κ1) is 13.0. The molecule has 0 amide bonds. The molecule has 0 radical (unpaired) electrons. The number of benzene rings is 1. The summed E-state index contributed by atoms with van der Waals surface area (Å²) in [6, 6.07) is 6.72. The van der Waals surface area contributed by atoms with Crippen molar-refractivity contribution in [2.75, 3.05) is 7.11 Å². The summed E-state index contributed by atoms with van der Waals surface area (Å²) in [5.41, 5.74) is 0.688. The van der Waals surface area contributed by atoms with E-state index in [0.717, 1.165) is 4.47 Å². The number of carboxylic acids is 1. The Labute approximate surface area is 117 Å². The van der Waals surface area contributed by atoms with Gasteiger partial charge in [-0.1, -0.05) is 27.5 Å². The first-order chi connectivity index (χ1) is 8.52. The molecule has 18 heavy (non-hydrogen) atoms. The van der Waals surface area contributed by atoms with Gasteiger partial charge in [-0.25, -0.2) is 4.79 Å². The molecule has 6 heteroatoms. The van der Waals surface area contributed by atoms with E-state index >= 15 is 0 Å². The molecule has 2 aromatic rings. The molecule has 94 valence electrons. The molecule has 2 rings (SSSR count). The number of nitrogens with zero attached hydrogens (tertiary/aromatic N) is 1. The van der Waals surface area contributed by atoms with Crippen molar-refractivity contribution in [2.45, 2.75) is 0 Å². The van der Waals surface area contributed by atoms with Crippen LogP contribution in [0.25, 0.3) is 5.69 Å². The van der Waals surface area contributed by atoms with Crippen LogP contribution < -0.4 is 4.74 Å². The van der Waals surface area contributed by atoms with Gasteiger partial charge in [-0.2, -0.15) is 0 Å². The highest BCUT2D eigenvalue weighted by Crippen LogP contribution is 2.29. The van der Waals surface area contributed by atoms with Crippen LogP contribution in [-0.4, -0.2) is 22.8 Å². The Balaban J connectivity index is 2.68. The molecule has 0 unspecified atom stereocenters. The van der Waals surface area contributed by atoms with E-state index < -0.39 is 5.97 Å². The number of rotatable bonds is 3. The molecule has 0 saturated carbocycles. The van der Waals surface area contributed by atoms with Gasteiger partial charge in [0.15, 0.2) is 0 Å². The Kier molecular flexibility index (Phi) is 3.63. The molecular formula is C12H9BrClNO3. The number of halogens is 2. The summed E-state index contributed by atoms with van der Waals surface area (Å²) in [6.07, 6.45) is 1.54. The third-order valence-corrected chi connectivity index (χ3v) is 3.11. The molecule has 0 aliphatic heterocycles. The zero-order valence-corrected chi connectivity index (χ0v) is 11.7. The largest absolute Gasteiger partial charge is 0.495 e. The summed E-state index contributed by atoms with van der Waals surface area (Å²) in [7, 11) is 1.53. The number of carbonyl (C=O) groups is 1. The molecule has 1 N–H and O–H groups in total. The van der Waals surface area contributed by atoms with Crippen LogP contribution in [-0.2, 0) is 0 Å². The van der Waals surface area contributed by atoms with Crippen molar-refractivity contribution < 1.29 is 14.6 Å². The van der Waals surface area contributed by atoms with Crippen molar-refractivity contribution >= 4 is 33.5 Å². The predicted molar refractivity (Wildman–Crippen MR) is 72.0 cm³/mol. The second kappa shape index (κ2) is 5.04. The van der Waals surface area contributed by atoms with Crippen molar-refractivity contribution in [1.82, 2.24) is 4.57 Å². The molecule has 0 saturated heterocycles. The number of carboxylic acid groups (broad SMARTS) is 1. The zero-order valence-electron chi connectivity index (χ0n) is 9.35. The number of aromatic nitrogens is 1. The maximum Gasteiger partial charge on any atom is 0.352 e. The average Bonchev–Trinajstić information content (AvgIpc) is 2.71. The van der Waals surface area contributed by atoms with Crippen molar-refractivity contribution in [3.63, 3.8) is 0 Å². The molecule has 1 aromatic heterocycles. The number of methoxy groups -OCH3 is 1. The Bertz CT molecular complexity index is 609. The topological polar surface area (TPSA) is 51.5 Å². The van der Waals surface area contributed by atoms with Crippen LogP contribution in [0, 0.1) is 0 Å². The van der Waals surface area contributed by atoms with E-state index in [4.69, 9.17) is 21.4 Å². The van der Waals surface area contributed by atoms with Gasteiger partial charge in [0, 0.05) is 10.7 Å². The number of ether oxygens (including phenoxy) is 1. The van der Waals surface area contributed by atoms with Crippen molar-refractivity contribution in [3.05, 3.63) is 45.7 Å². The monoisotopic (exact) mass is 329 g/mol. The van der Waals surface area contributed by atoms with Crippen LogP contribution >= 0.6 is 27.5 Å². The quantitative estimate of drug-likeness (QED) is 0.935. The predicted octanol–water partition coefficient (Wildman–Crippen LogP) is 3.60. The van der Waals surface area contributed by atoms with Gasteiger partial charge in [0.25, 0.3) is 0 Å². The lowest BCUT2D eigenvalue weighted by Gasteiger charge is -2.11. The standard InChI is InChI=1S/C12H9BrClNO3/c1-18-11-3-2-7(13)4-9(11)15-6-8(14)5-10(15)12(16)17/h2-6H,1H3,(H,16,17). The lowest BCUT2D eigenvalue weighted by Crippen LogP contribution is -2.06. The first-order valence-electron chi connectivity index (χ1n) is 4.98. The highest BCUT2D eigenvalue weighted by Gasteiger charge is 2.16. The van der Waals surface area contributed by atoms with E-state index in [1.807, 2.05) is 6.07 Å². The van der Waals surface area contributed by atoms with Gasteiger partial charge in [-0.05, 0) is 24.3 Å². The van der Waals surface area contributed by atoms with E-state index in [-0.39, 0.29) is 5.69 Å². The smallest absolute Gasteiger partial charge is 0.352 e. The van der Waals surface area contributed by atoms with Gasteiger partial charge in [0.05, 0.1) is 17.8 Å². The molecule has 0 fully saturated rings. The van der Waals surface area contributed by atoms with Gasteiger partial charge >= 0.3 is 5.97 Å². The molecule has 0 atom stereocenters. The minimum absolute atomic E-state index is 0.0800. The van der Waals surface area contributed by atoms with Crippen molar-refractivity contribution in [3.8, 4) is 11.4 Å². The molecular weight excluding hydrogens is 321 g/mol. The summed E-state index contributed by atoms with van der Waals surface area (Å²) < 4.78 is 7.52. The number of hydrogen-bond acceptors (Lipinski definition) is 2. The fraction of sp³-hybridized carbons (Fsp3) is 0.0833. The van der Waals surface area contributed by atoms with Gasteiger partial charge in [0.2, 0.25) is 0 Å². The summed E-state index contributed by atoms with van der Waals surface area (Å²) in [4.78, 5) is 11.2. The van der Waals surface area contributed by atoms with Crippen LogP contribution in [0.3, 0.4) is 0 Å². The Hall–Kier alpha value is -1.46. The van der Waals surface area contributed by atoms with E-state index in [0.29, 0.717) is 16.5 Å². The van der Waals surface area contributed by atoms with Gasteiger partial charge in [0.1, 0.15) is 11.4 Å². The van der Waals surface area contributed by atoms with E-state index in [9.17, 15) is 4.79 Å². The highest BCUT2D eigenvalue weighted by molar-refractivity contribution is 9.10. The lowest BCUT2D eigenvalue weighted by molar-refractivity contribution is 0.0688. The summed E-state index contributed by atoms with van der Waals surface area (Å²) in [6.45, 7) is 0. The van der Waals surface area contributed by atoms with Crippen LogP contribution in [0.1, 0.15) is 10.5 Å². The van der Waals surface area contributed by atoms with Crippen molar-refractivity contribution in [1.29, 1.82) is 0 Å². The van der Waals surface area contributed by atoms with Gasteiger partial charge in [-0.3, -0.25) is 0 Å². The van der Waals surface area contributed by atoms with Gasteiger partial charge in [-0.15, -0.1) is 0 Å². The fourth-order valence-electron chi connectivity index (χ4n) is 1.65. The Morgan fingerprint density at radius 2 is 2.17 bits per heavy atom. The third-order valence-electron chi connectivity index (χ3n) is 2.41. The summed E-state index contributed by atoms with van der Waals surface area (Å²) >= 11 is 9.20. The van der Waals surface area contributed by atoms with Crippen LogP contribution in [0.5, 0.6) is 5.75 Å². The minimum atomic E-state index is -1.05. The van der Waals surface area contributed by atoms with Crippen molar-refractivity contribution in [2.24, 2.45) is 0 Å². The van der Waals surface area contributed by atoms with E-state index in [2.05, 4.69) is 15.9 Å². The second-order valence-corrected chi connectivity index (χ2v) is 4.89. The molecule has 0 aliphatic rings. The summed E-state index contributed by atoms with van der Waals surface area (Å²) in [5, 5.41) is 9.50. The van der Waals surface area contributed by atoms with Crippen LogP contribution in [0.15, 0.2) is 34.9 Å². The van der Waals surface area contributed by atoms with E-state index in [1.165, 1.54) is 23.9 Å². The minimum Gasteiger partial charge on any atom is -0.495 e. The lowest BCUT2D eigenvalue weighted by atomic mass is 10.3. The number of hydrogen-bond donors (Lipinski definition) is 1. The van der Waals surface area contributed by atoms with Crippen LogP contribution in [0.4, 0.5) is 0 Å². The Morgan fingerprint density at radius 1 is 1.44 bits per heavy atom. The normalized spacial score (nSPS) is 10.4. The number of aromatic carboxylic acids is 1. The first-order valence-corrected chi connectivity index (χ1v) is 6.15. The molecule has 0 aliphatic carbocycles. The van der Waals surface area contributed by atoms with E-state index in [1.54, 1.807) is 12.1 Å². The second-order valence-electron chi connectivity index (χ2n) is 3.53.